The van der Waals surface area contributed by atoms with E-state index in [1.165, 1.54) is 24.0 Å². The lowest BCUT2D eigenvalue weighted by molar-refractivity contribution is 0.476. The molecule has 0 aliphatic rings. The Morgan fingerprint density at radius 3 is 2.36 bits per heavy atom. The van der Waals surface area contributed by atoms with Crippen LogP contribution in [0.25, 0.3) is 11.1 Å². The molecule has 3 N–H and O–H groups in total. The first-order valence-electron chi connectivity index (χ1n) is 8.37. The molecule has 0 fully saturated rings. The van der Waals surface area contributed by atoms with Crippen LogP contribution < -0.4 is 5.73 Å². The maximum atomic E-state index is 10.4. The number of nitrogen functional groups attached to an aromatic ring is 1. The van der Waals surface area contributed by atoms with Crippen LogP contribution in [0.2, 0.25) is 0 Å². The van der Waals surface area contributed by atoms with Crippen molar-refractivity contribution >= 4 is 5.69 Å². The summed E-state index contributed by atoms with van der Waals surface area (Å²) < 4.78 is 0. The number of aryl methyl sites for hydroxylation is 1. The Hall–Kier alpha value is -1.96. The summed E-state index contributed by atoms with van der Waals surface area (Å²) in [4.78, 5) is 0. The van der Waals surface area contributed by atoms with Crippen molar-refractivity contribution in [2.45, 2.75) is 52.4 Å². The minimum absolute atomic E-state index is 0.358. The van der Waals surface area contributed by atoms with Gasteiger partial charge < -0.3 is 10.8 Å². The van der Waals surface area contributed by atoms with E-state index in [-0.39, 0.29) is 0 Å². The second-order valence-corrected chi connectivity index (χ2v) is 5.93. The van der Waals surface area contributed by atoms with Crippen LogP contribution in [0.3, 0.4) is 0 Å². The Bertz CT molecular complexity index is 619. The van der Waals surface area contributed by atoms with Gasteiger partial charge in [0.2, 0.25) is 0 Å². The highest BCUT2D eigenvalue weighted by molar-refractivity contribution is 5.77. The highest BCUT2D eigenvalue weighted by Crippen LogP contribution is 2.37. The molecule has 0 spiro atoms. The molecule has 2 nitrogen and oxygen atoms in total. The Kier molecular flexibility index (Phi) is 5.88. The number of nitrogens with two attached hydrogens (primary N) is 1. The fraction of sp³-hybridized carbons (Fsp3) is 0.400. The standard InChI is InChI=1S/C20H27NO/c1-3-5-8-15-12-13-19(22)20(18(15)11-6-4-2)16-9-7-10-17(21)14-16/h7,9-10,12-14,22H,3-6,8,11,21H2,1-2H3. The van der Waals surface area contributed by atoms with Crippen LogP contribution in [0, 0.1) is 0 Å². The van der Waals surface area contributed by atoms with E-state index in [0.29, 0.717) is 5.75 Å². The topological polar surface area (TPSA) is 46.2 Å². The quantitative estimate of drug-likeness (QED) is 0.679. The number of hydrogen-bond acceptors (Lipinski definition) is 2. The van der Waals surface area contributed by atoms with Gasteiger partial charge in [0.25, 0.3) is 0 Å². The monoisotopic (exact) mass is 297 g/mol. The molecule has 2 heteroatoms. The fourth-order valence-corrected chi connectivity index (χ4v) is 2.94. The number of unbranched alkanes of at least 4 members (excludes halogenated alkanes) is 2. The Morgan fingerprint density at radius 1 is 0.955 bits per heavy atom. The normalized spacial score (nSPS) is 10.8. The van der Waals surface area contributed by atoms with Gasteiger partial charge in [-0.2, -0.15) is 0 Å². The Morgan fingerprint density at radius 2 is 1.68 bits per heavy atom. The van der Waals surface area contributed by atoms with Crippen LogP contribution >= 0.6 is 0 Å². The molecule has 0 aliphatic carbocycles. The first kappa shape index (κ1) is 16.4. The van der Waals surface area contributed by atoms with Gasteiger partial charge in [0, 0.05) is 11.3 Å². The number of anilines is 1. The van der Waals surface area contributed by atoms with Gasteiger partial charge in [0.1, 0.15) is 5.75 Å². The molecule has 0 unspecified atom stereocenters. The lowest BCUT2D eigenvalue weighted by atomic mass is 9.89. The van der Waals surface area contributed by atoms with Crippen molar-refractivity contribution in [1.29, 1.82) is 0 Å². The van der Waals surface area contributed by atoms with Gasteiger partial charge >= 0.3 is 0 Å². The number of rotatable bonds is 7. The van der Waals surface area contributed by atoms with Crippen molar-refractivity contribution in [2.24, 2.45) is 0 Å². The second-order valence-electron chi connectivity index (χ2n) is 5.93. The summed E-state index contributed by atoms with van der Waals surface area (Å²) in [6.07, 6.45) is 6.73. The minimum Gasteiger partial charge on any atom is -0.507 e. The molecule has 0 bridgehead atoms. The summed E-state index contributed by atoms with van der Waals surface area (Å²) >= 11 is 0. The van der Waals surface area contributed by atoms with Crippen molar-refractivity contribution in [2.75, 3.05) is 5.73 Å². The van der Waals surface area contributed by atoms with E-state index in [9.17, 15) is 5.11 Å². The zero-order chi connectivity index (χ0) is 15.9. The van der Waals surface area contributed by atoms with Crippen LogP contribution in [0.5, 0.6) is 5.75 Å². The third-order valence-corrected chi connectivity index (χ3v) is 4.14. The van der Waals surface area contributed by atoms with Gasteiger partial charge in [-0.25, -0.2) is 0 Å². The maximum Gasteiger partial charge on any atom is 0.123 e. The van der Waals surface area contributed by atoms with E-state index < -0.39 is 0 Å². The molecule has 0 amide bonds. The third kappa shape index (κ3) is 3.82. The zero-order valence-corrected chi connectivity index (χ0v) is 13.7. The largest absolute Gasteiger partial charge is 0.507 e. The Labute approximate surface area is 134 Å². The first-order valence-corrected chi connectivity index (χ1v) is 8.37. The van der Waals surface area contributed by atoms with E-state index in [1.807, 2.05) is 30.3 Å². The van der Waals surface area contributed by atoms with Crippen molar-refractivity contribution in [3.8, 4) is 16.9 Å². The van der Waals surface area contributed by atoms with Gasteiger partial charge in [-0.3, -0.25) is 0 Å². The molecule has 0 atom stereocenters. The van der Waals surface area contributed by atoms with E-state index in [1.54, 1.807) is 0 Å². The molecular weight excluding hydrogens is 270 g/mol. The van der Waals surface area contributed by atoms with Crippen molar-refractivity contribution in [3.63, 3.8) is 0 Å². The molecule has 2 rings (SSSR count). The molecule has 0 saturated heterocycles. The van der Waals surface area contributed by atoms with Crippen LogP contribution in [0.1, 0.15) is 50.7 Å². The number of benzene rings is 2. The highest BCUT2D eigenvalue weighted by Gasteiger charge is 2.14. The summed E-state index contributed by atoms with van der Waals surface area (Å²) in [6, 6.07) is 11.7. The van der Waals surface area contributed by atoms with Crippen LogP contribution in [-0.4, -0.2) is 5.11 Å². The number of phenolic OH excluding ortho intramolecular Hbond substituents is 1. The van der Waals surface area contributed by atoms with Crippen molar-refractivity contribution < 1.29 is 5.11 Å². The fourth-order valence-electron chi connectivity index (χ4n) is 2.94. The summed E-state index contributed by atoms with van der Waals surface area (Å²) in [5.41, 5.74) is 11.3. The highest BCUT2D eigenvalue weighted by atomic mass is 16.3. The molecular formula is C20H27NO. The maximum absolute atomic E-state index is 10.4. The summed E-state index contributed by atoms with van der Waals surface area (Å²) in [7, 11) is 0. The third-order valence-electron chi connectivity index (χ3n) is 4.14. The predicted octanol–water partition coefficient (Wildman–Crippen LogP) is 5.33. The van der Waals surface area contributed by atoms with E-state index in [4.69, 9.17) is 5.73 Å². The van der Waals surface area contributed by atoms with E-state index in [0.717, 1.165) is 42.5 Å². The predicted molar refractivity (Wildman–Crippen MR) is 95.2 cm³/mol. The van der Waals surface area contributed by atoms with E-state index >= 15 is 0 Å². The molecule has 0 aliphatic heterocycles. The minimum atomic E-state index is 0.358. The van der Waals surface area contributed by atoms with Gasteiger partial charge in [-0.05, 0) is 60.6 Å². The summed E-state index contributed by atoms with van der Waals surface area (Å²) in [6.45, 7) is 4.42. The number of phenols is 1. The number of aromatic hydroxyl groups is 1. The molecule has 22 heavy (non-hydrogen) atoms. The molecule has 0 aromatic heterocycles. The molecule has 2 aromatic rings. The average Bonchev–Trinajstić information content (AvgIpc) is 2.51. The smallest absolute Gasteiger partial charge is 0.123 e. The lowest BCUT2D eigenvalue weighted by Gasteiger charge is -2.17. The molecule has 0 heterocycles. The average molecular weight is 297 g/mol. The lowest BCUT2D eigenvalue weighted by Crippen LogP contribution is -1.99. The van der Waals surface area contributed by atoms with Crippen LogP contribution in [-0.2, 0) is 12.8 Å². The van der Waals surface area contributed by atoms with Crippen molar-refractivity contribution in [1.82, 2.24) is 0 Å². The van der Waals surface area contributed by atoms with Gasteiger partial charge in [0.15, 0.2) is 0 Å². The second kappa shape index (κ2) is 7.88. The van der Waals surface area contributed by atoms with Gasteiger partial charge in [-0.1, -0.05) is 44.9 Å². The zero-order valence-electron chi connectivity index (χ0n) is 13.7. The van der Waals surface area contributed by atoms with Crippen LogP contribution in [0.4, 0.5) is 5.69 Å². The molecule has 0 radical (unpaired) electrons. The van der Waals surface area contributed by atoms with E-state index in [2.05, 4.69) is 19.9 Å². The SMILES string of the molecule is CCCCc1ccc(O)c(-c2cccc(N)c2)c1CCCC. The number of hydrogen-bond donors (Lipinski definition) is 2. The van der Waals surface area contributed by atoms with Gasteiger partial charge in [0.05, 0.1) is 0 Å². The van der Waals surface area contributed by atoms with Gasteiger partial charge in [-0.15, -0.1) is 0 Å². The Balaban J connectivity index is 2.53. The first-order chi connectivity index (χ1) is 10.7. The summed E-state index contributed by atoms with van der Waals surface area (Å²) in [5, 5.41) is 10.4. The molecule has 0 saturated carbocycles. The molecule has 2 aromatic carbocycles. The molecule has 118 valence electrons. The van der Waals surface area contributed by atoms with Crippen LogP contribution in [0.15, 0.2) is 36.4 Å². The van der Waals surface area contributed by atoms with Crippen molar-refractivity contribution in [3.05, 3.63) is 47.5 Å². The summed E-state index contributed by atoms with van der Waals surface area (Å²) in [5.74, 6) is 0.358.